The Morgan fingerprint density at radius 2 is 1.51 bits per heavy atom. The molecule has 2 heterocycles. The Hall–Kier alpha value is -3.67. The van der Waals surface area contributed by atoms with Gasteiger partial charge in [0.15, 0.2) is 0 Å². The van der Waals surface area contributed by atoms with E-state index in [2.05, 4.69) is 29.6 Å². The van der Waals surface area contributed by atoms with Gasteiger partial charge in [0.1, 0.15) is 11.1 Å². The molecule has 1 atom stereocenters. The number of nitrogens with zero attached hydrogens (tertiary/aromatic N) is 2. The first-order chi connectivity index (χ1) is 17.1. The number of nitrogens with one attached hydrogen (secondary N) is 1. The fourth-order valence-corrected chi connectivity index (χ4v) is 4.85. The van der Waals surface area contributed by atoms with Gasteiger partial charge >= 0.3 is 0 Å². The standard InChI is InChI=1S/C29H31N3O3/c33-27-25(28(34)30-24-13-14-24)19-31(18-21-8-3-1-4-9-21)20-26(27)29(35)32-16-7-12-23(15-17-32)22-10-5-2-6-11-22/h1-6,8-11,19-20,23-24H,7,12-18H2,(H,30,34). The Morgan fingerprint density at radius 3 is 2.23 bits per heavy atom. The summed E-state index contributed by atoms with van der Waals surface area (Å²) in [6.07, 6.45) is 7.80. The summed E-state index contributed by atoms with van der Waals surface area (Å²) in [5.74, 6) is -0.278. The molecular formula is C29H31N3O3. The zero-order valence-corrected chi connectivity index (χ0v) is 19.9. The molecule has 180 valence electrons. The summed E-state index contributed by atoms with van der Waals surface area (Å²) in [5, 5.41) is 2.90. The zero-order chi connectivity index (χ0) is 24.2. The topological polar surface area (TPSA) is 71.4 Å². The minimum absolute atomic E-state index is 0.0377. The average molecular weight is 470 g/mol. The Kier molecular flexibility index (Phi) is 6.80. The van der Waals surface area contributed by atoms with Crippen LogP contribution in [0.5, 0.6) is 0 Å². The van der Waals surface area contributed by atoms with E-state index >= 15 is 0 Å². The van der Waals surface area contributed by atoms with E-state index in [1.54, 1.807) is 21.9 Å². The lowest BCUT2D eigenvalue weighted by Crippen LogP contribution is -2.38. The first-order valence-electron chi connectivity index (χ1n) is 12.5. The second-order valence-corrected chi connectivity index (χ2v) is 9.65. The maximum atomic E-state index is 13.6. The third-order valence-corrected chi connectivity index (χ3v) is 6.96. The van der Waals surface area contributed by atoms with Gasteiger partial charge in [0.2, 0.25) is 5.43 Å². The van der Waals surface area contributed by atoms with Crippen LogP contribution in [-0.4, -0.2) is 40.4 Å². The van der Waals surface area contributed by atoms with E-state index in [1.165, 1.54) is 5.56 Å². The molecule has 0 radical (unpaired) electrons. The van der Waals surface area contributed by atoms with Crippen LogP contribution in [-0.2, 0) is 6.54 Å². The van der Waals surface area contributed by atoms with Crippen LogP contribution in [0.15, 0.2) is 77.9 Å². The van der Waals surface area contributed by atoms with Gasteiger partial charge in [0.05, 0.1) is 0 Å². The number of hydrogen-bond donors (Lipinski definition) is 1. The average Bonchev–Trinajstić information content (AvgIpc) is 3.72. The molecule has 0 bridgehead atoms. The molecule has 1 aliphatic heterocycles. The molecule has 2 aliphatic rings. The number of likely N-dealkylation sites (tertiary alicyclic amines) is 1. The first kappa shape index (κ1) is 23.1. The highest BCUT2D eigenvalue weighted by molar-refractivity contribution is 5.99. The minimum Gasteiger partial charge on any atom is -0.349 e. The van der Waals surface area contributed by atoms with Crippen LogP contribution in [0.3, 0.4) is 0 Å². The van der Waals surface area contributed by atoms with Crippen molar-refractivity contribution < 1.29 is 9.59 Å². The lowest BCUT2D eigenvalue weighted by Gasteiger charge is -2.21. The maximum absolute atomic E-state index is 13.6. The summed E-state index contributed by atoms with van der Waals surface area (Å²) < 4.78 is 1.79. The first-order valence-corrected chi connectivity index (χ1v) is 12.5. The fraction of sp³-hybridized carbons (Fsp3) is 0.345. The van der Waals surface area contributed by atoms with Crippen LogP contribution < -0.4 is 10.7 Å². The van der Waals surface area contributed by atoms with Crippen molar-refractivity contribution in [3.8, 4) is 0 Å². The molecule has 1 aromatic heterocycles. The summed E-state index contributed by atoms with van der Waals surface area (Å²) >= 11 is 0. The van der Waals surface area contributed by atoms with Crippen molar-refractivity contribution in [3.05, 3.63) is 106 Å². The highest BCUT2D eigenvalue weighted by Gasteiger charge is 2.29. The smallest absolute Gasteiger partial charge is 0.259 e. The number of rotatable bonds is 6. The minimum atomic E-state index is -0.485. The van der Waals surface area contributed by atoms with Crippen LogP contribution in [0.25, 0.3) is 0 Å². The monoisotopic (exact) mass is 469 g/mol. The van der Waals surface area contributed by atoms with E-state index < -0.39 is 11.3 Å². The number of hydrogen-bond acceptors (Lipinski definition) is 3. The van der Waals surface area contributed by atoms with E-state index in [0.717, 1.165) is 37.7 Å². The van der Waals surface area contributed by atoms with Gasteiger partial charge in [-0.25, -0.2) is 0 Å². The zero-order valence-electron chi connectivity index (χ0n) is 19.9. The van der Waals surface area contributed by atoms with Gasteiger partial charge in [-0.15, -0.1) is 0 Å². The van der Waals surface area contributed by atoms with Crippen molar-refractivity contribution in [2.75, 3.05) is 13.1 Å². The molecular weight excluding hydrogens is 438 g/mol. The van der Waals surface area contributed by atoms with Gasteiger partial charge in [-0.1, -0.05) is 60.7 Å². The molecule has 3 aromatic rings. The third kappa shape index (κ3) is 5.53. The maximum Gasteiger partial charge on any atom is 0.259 e. The highest BCUT2D eigenvalue weighted by atomic mass is 16.2. The van der Waals surface area contributed by atoms with E-state index in [1.807, 2.05) is 36.4 Å². The molecule has 1 saturated heterocycles. The van der Waals surface area contributed by atoms with Crippen molar-refractivity contribution in [3.63, 3.8) is 0 Å². The summed E-state index contributed by atoms with van der Waals surface area (Å²) in [7, 11) is 0. The molecule has 35 heavy (non-hydrogen) atoms. The van der Waals surface area contributed by atoms with Gasteiger partial charge in [-0.2, -0.15) is 0 Å². The lowest BCUT2D eigenvalue weighted by atomic mass is 9.92. The number of aromatic nitrogens is 1. The molecule has 1 saturated carbocycles. The molecule has 2 aromatic carbocycles. The predicted molar refractivity (Wildman–Crippen MR) is 136 cm³/mol. The third-order valence-electron chi connectivity index (χ3n) is 6.96. The second-order valence-electron chi connectivity index (χ2n) is 9.65. The SMILES string of the molecule is O=C(NC1CC1)c1cn(Cc2ccccc2)cc(C(=O)N2CCCC(c3ccccc3)CC2)c1=O. The number of carbonyl (C=O) groups excluding carboxylic acids is 2. The van der Waals surface area contributed by atoms with Crippen molar-refractivity contribution >= 4 is 11.8 Å². The van der Waals surface area contributed by atoms with E-state index in [0.29, 0.717) is 25.6 Å². The van der Waals surface area contributed by atoms with Gasteiger partial charge in [-0.05, 0) is 49.1 Å². The Bertz CT molecular complexity index is 1250. The summed E-state index contributed by atoms with van der Waals surface area (Å²) in [6.45, 7) is 1.68. The fourth-order valence-electron chi connectivity index (χ4n) is 4.85. The molecule has 6 heteroatoms. The van der Waals surface area contributed by atoms with Crippen molar-refractivity contribution in [1.29, 1.82) is 0 Å². The molecule has 1 unspecified atom stereocenters. The molecule has 2 amide bonds. The van der Waals surface area contributed by atoms with E-state index in [-0.39, 0.29) is 23.1 Å². The Balaban J connectivity index is 1.41. The Labute approximate surface area is 205 Å². The second kappa shape index (κ2) is 10.3. The quantitative estimate of drug-likeness (QED) is 0.588. The normalized spacial score (nSPS) is 18.1. The summed E-state index contributed by atoms with van der Waals surface area (Å²) in [6, 6.07) is 20.4. The predicted octanol–water partition coefficient (Wildman–Crippen LogP) is 4.20. The molecule has 6 nitrogen and oxygen atoms in total. The number of pyridine rings is 1. The molecule has 2 fully saturated rings. The van der Waals surface area contributed by atoms with Crippen molar-refractivity contribution in [1.82, 2.24) is 14.8 Å². The lowest BCUT2D eigenvalue weighted by molar-refractivity contribution is 0.0759. The van der Waals surface area contributed by atoms with Crippen LogP contribution in [0.2, 0.25) is 0 Å². The van der Waals surface area contributed by atoms with Gasteiger partial charge in [-0.3, -0.25) is 14.4 Å². The summed E-state index contributed by atoms with van der Waals surface area (Å²) in [4.78, 5) is 41.6. The number of carbonyl (C=O) groups is 2. The van der Waals surface area contributed by atoms with Crippen molar-refractivity contribution in [2.45, 2.75) is 50.6 Å². The number of benzene rings is 2. The van der Waals surface area contributed by atoms with E-state index in [4.69, 9.17) is 0 Å². The van der Waals surface area contributed by atoms with Crippen LogP contribution in [0.4, 0.5) is 0 Å². The molecule has 5 rings (SSSR count). The Morgan fingerprint density at radius 1 is 0.829 bits per heavy atom. The molecule has 1 aliphatic carbocycles. The number of amides is 2. The van der Waals surface area contributed by atoms with Gasteiger partial charge < -0.3 is 14.8 Å². The van der Waals surface area contributed by atoms with Crippen LogP contribution >= 0.6 is 0 Å². The molecule has 0 spiro atoms. The summed E-state index contributed by atoms with van der Waals surface area (Å²) in [5.41, 5.74) is 1.95. The van der Waals surface area contributed by atoms with Crippen LogP contribution in [0.1, 0.15) is 69.9 Å². The highest BCUT2D eigenvalue weighted by Crippen LogP contribution is 2.28. The van der Waals surface area contributed by atoms with Crippen LogP contribution in [0, 0.1) is 0 Å². The van der Waals surface area contributed by atoms with Gasteiger partial charge in [0.25, 0.3) is 11.8 Å². The largest absolute Gasteiger partial charge is 0.349 e. The van der Waals surface area contributed by atoms with Gasteiger partial charge in [0, 0.05) is 38.1 Å². The van der Waals surface area contributed by atoms with Crippen molar-refractivity contribution in [2.24, 2.45) is 0 Å². The van der Waals surface area contributed by atoms with E-state index in [9.17, 15) is 14.4 Å². The molecule has 1 N–H and O–H groups in total.